The number of carboxylic acids is 1. The third-order valence-corrected chi connectivity index (χ3v) is 2.78. The van der Waals surface area contributed by atoms with Gasteiger partial charge in [-0.05, 0) is 25.7 Å². The van der Waals surface area contributed by atoms with Crippen LogP contribution < -0.4 is 10.6 Å². The van der Waals surface area contributed by atoms with Gasteiger partial charge in [0, 0.05) is 13.2 Å². The van der Waals surface area contributed by atoms with Crippen LogP contribution in [0, 0.1) is 0 Å². The van der Waals surface area contributed by atoms with Crippen LogP contribution >= 0.6 is 0 Å². The molecule has 1 aliphatic heterocycles. The normalized spacial score (nSPS) is 21.6. The van der Waals surface area contributed by atoms with E-state index in [1.807, 2.05) is 0 Å². The number of carbonyl (C=O) groups is 2. The predicted octanol–water partition coefficient (Wildman–Crippen LogP) is 0.718. The number of aliphatic carboxylic acids is 1. The number of hydrogen-bond donors (Lipinski definition) is 3. The fourth-order valence-corrected chi connectivity index (χ4v) is 1.72. The largest absolute Gasteiger partial charge is 0.480 e. The van der Waals surface area contributed by atoms with Gasteiger partial charge in [-0.3, -0.25) is 0 Å². The number of amides is 2. The lowest BCUT2D eigenvalue weighted by Gasteiger charge is -2.23. The van der Waals surface area contributed by atoms with Gasteiger partial charge in [0.05, 0.1) is 6.10 Å². The summed E-state index contributed by atoms with van der Waals surface area (Å²) in [7, 11) is 0. The van der Waals surface area contributed by atoms with Gasteiger partial charge >= 0.3 is 12.0 Å². The van der Waals surface area contributed by atoms with Crippen LogP contribution in [0.4, 0.5) is 4.79 Å². The quantitative estimate of drug-likeness (QED) is 0.665. The minimum absolute atomic E-state index is 0.0550. The Morgan fingerprint density at radius 2 is 2.24 bits per heavy atom. The molecule has 0 aromatic carbocycles. The summed E-state index contributed by atoms with van der Waals surface area (Å²) in [6.07, 6.45) is 3.54. The summed E-state index contributed by atoms with van der Waals surface area (Å²) in [6.45, 7) is 2.88. The van der Waals surface area contributed by atoms with Gasteiger partial charge in [0.15, 0.2) is 0 Å². The predicted molar refractivity (Wildman–Crippen MR) is 61.8 cm³/mol. The zero-order valence-electron chi connectivity index (χ0n) is 10.1. The Morgan fingerprint density at radius 1 is 1.47 bits per heavy atom. The van der Waals surface area contributed by atoms with Crippen molar-refractivity contribution in [1.82, 2.24) is 10.6 Å². The van der Waals surface area contributed by atoms with Gasteiger partial charge in [-0.25, -0.2) is 9.59 Å². The highest BCUT2D eigenvalue weighted by Crippen LogP contribution is 2.11. The van der Waals surface area contributed by atoms with Gasteiger partial charge in [-0.1, -0.05) is 6.92 Å². The SMILES string of the molecule is CC[C@@H](NC(=O)NCC1CCCCO1)C(=O)O. The standard InChI is InChI=1S/C11H20N2O4/c1-2-9(10(14)15)13-11(16)12-7-8-5-3-4-6-17-8/h8-9H,2-7H2,1H3,(H,14,15)(H2,12,13,16)/t8?,9-/m1/s1. The maximum Gasteiger partial charge on any atom is 0.326 e. The zero-order valence-corrected chi connectivity index (χ0v) is 10.1. The van der Waals surface area contributed by atoms with E-state index in [4.69, 9.17) is 9.84 Å². The Balaban J connectivity index is 2.21. The van der Waals surface area contributed by atoms with Crippen molar-refractivity contribution >= 4 is 12.0 Å². The fourth-order valence-electron chi connectivity index (χ4n) is 1.72. The number of rotatable bonds is 5. The molecule has 2 amide bonds. The Labute approximate surface area is 101 Å². The second-order valence-corrected chi connectivity index (χ2v) is 4.14. The minimum atomic E-state index is -1.02. The van der Waals surface area contributed by atoms with Gasteiger partial charge in [-0.15, -0.1) is 0 Å². The first-order chi connectivity index (χ1) is 8.13. The van der Waals surface area contributed by atoms with Crippen molar-refractivity contribution in [2.45, 2.75) is 44.8 Å². The summed E-state index contributed by atoms with van der Waals surface area (Å²) >= 11 is 0. The molecule has 0 bridgehead atoms. The third kappa shape index (κ3) is 5.04. The molecule has 1 aliphatic rings. The van der Waals surface area contributed by atoms with Crippen LogP contribution in [0.3, 0.4) is 0 Å². The second-order valence-electron chi connectivity index (χ2n) is 4.14. The van der Waals surface area contributed by atoms with Crippen molar-refractivity contribution in [1.29, 1.82) is 0 Å². The van der Waals surface area contributed by atoms with E-state index in [2.05, 4.69) is 10.6 Å². The molecule has 0 saturated carbocycles. The van der Waals surface area contributed by atoms with Crippen LogP contribution in [0.1, 0.15) is 32.6 Å². The van der Waals surface area contributed by atoms with Gasteiger partial charge in [0.2, 0.25) is 0 Å². The molecular weight excluding hydrogens is 224 g/mol. The van der Waals surface area contributed by atoms with Gasteiger partial charge in [0.1, 0.15) is 6.04 Å². The molecule has 6 heteroatoms. The molecule has 0 spiro atoms. The highest BCUT2D eigenvalue weighted by molar-refractivity contribution is 5.82. The van der Waals surface area contributed by atoms with Crippen molar-refractivity contribution in [2.75, 3.05) is 13.2 Å². The first-order valence-electron chi connectivity index (χ1n) is 6.02. The maximum atomic E-state index is 11.4. The van der Waals surface area contributed by atoms with Gasteiger partial charge in [-0.2, -0.15) is 0 Å². The molecule has 0 aromatic rings. The smallest absolute Gasteiger partial charge is 0.326 e. The molecule has 6 nitrogen and oxygen atoms in total. The Hall–Kier alpha value is -1.30. The van der Waals surface area contributed by atoms with Crippen LogP contribution in [-0.4, -0.2) is 42.4 Å². The number of carboxylic acid groups (broad SMARTS) is 1. The van der Waals surface area contributed by atoms with E-state index in [0.717, 1.165) is 25.9 Å². The lowest BCUT2D eigenvalue weighted by molar-refractivity contribution is -0.139. The van der Waals surface area contributed by atoms with Crippen molar-refractivity contribution in [2.24, 2.45) is 0 Å². The van der Waals surface area contributed by atoms with Crippen molar-refractivity contribution in [3.8, 4) is 0 Å². The number of hydrogen-bond acceptors (Lipinski definition) is 3. The number of urea groups is 1. The van der Waals surface area contributed by atoms with E-state index in [0.29, 0.717) is 13.0 Å². The Morgan fingerprint density at radius 3 is 2.76 bits per heavy atom. The summed E-state index contributed by atoms with van der Waals surface area (Å²) < 4.78 is 5.45. The van der Waals surface area contributed by atoms with Crippen LogP contribution in [0.2, 0.25) is 0 Å². The van der Waals surface area contributed by atoms with Crippen molar-refractivity contribution in [3.05, 3.63) is 0 Å². The first-order valence-corrected chi connectivity index (χ1v) is 6.02. The van der Waals surface area contributed by atoms with E-state index in [-0.39, 0.29) is 6.10 Å². The molecule has 17 heavy (non-hydrogen) atoms. The topological polar surface area (TPSA) is 87.7 Å². The average Bonchev–Trinajstić information content (AvgIpc) is 2.34. The Bertz CT molecular complexity index is 264. The van der Waals surface area contributed by atoms with E-state index in [1.54, 1.807) is 6.92 Å². The Kier molecular flexibility index (Phi) is 5.76. The number of nitrogens with one attached hydrogen (secondary N) is 2. The number of carbonyl (C=O) groups excluding carboxylic acids is 1. The van der Waals surface area contributed by atoms with E-state index >= 15 is 0 Å². The molecule has 0 radical (unpaired) electrons. The molecule has 2 atom stereocenters. The molecule has 1 fully saturated rings. The van der Waals surface area contributed by atoms with Crippen LogP contribution in [0.5, 0.6) is 0 Å². The third-order valence-electron chi connectivity index (χ3n) is 2.78. The monoisotopic (exact) mass is 244 g/mol. The van der Waals surface area contributed by atoms with Gasteiger partial charge < -0.3 is 20.5 Å². The number of ether oxygens (including phenoxy) is 1. The minimum Gasteiger partial charge on any atom is -0.480 e. The molecule has 1 rings (SSSR count). The summed E-state index contributed by atoms with van der Waals surface area (Å²) in [4.78, 5) is 22.1. The lowest BCUT2D eigenvalue weighted by atomic mass is 10.1. The fraction of sp³-hybridized carbons (Fsp3) is 0.818. The van der Waals surface area contributed by atoms with Crippen LogP contribution in [0.25, 0.3) is 0 Å². The maximum absolute atomic E-state index is 11.4. The molecular formula is C11H20N2O4. The zero-order chi connectivity index (χ0) is 12.7. The van der Waals surface area contributed by atoms with Gasteiger partial charge in [0.25, 0.3) is 0 Å². The van der Waals surface area contributed by atoms with E-state index in [9.17, 15) is 9.59 Å². The van der Waals surface area contributed by atoms with Crippen LogP contribution in [0.15, 0.2) is 0 Å². The average molecular weight is 244 g/mol. The summed E-state index contributed by atoms with van der Waals surface area (Å²) in [6, 6.07) is -1.28. The first kappa shape index (κ1) is 13.8. The molecule has 0 aromatic heterocycles. The van der Waals surface area contributed by atoms with Crippen molar-refractivity contribution in [3.63, 3.8) is 0 Å². The van der Waals surface area contributed by atoms with Crippen LogP contribution in [-0.2, 0) is 9.53 Å². The van der Waals surface area contributed by atoms with E-state index < -0.39 is 18.0 Å². The summed E-state index contributed by atoms with van der Waals surface area (Å²) in [5.74, 6) is -1.02. The molecule has 3 N–H and O–H groups in total. The highest BCUT2D eigenvalue weighted by Gasteiger charge is 2.19. The second kappa shape index (κ2) is 7.11. The summed E-state index contributed by atoms with van der Waals surface area (Å²) in [5.41, 5.74) is 0. The molecule has 1 unspecified atom stereocenters. The highest BCUT2D eigenvalue weighted by atomic mass is 16.5. The molecule has 98 valence electrons. The molecule has 1 saturated heterocycles. The molecule has 0 aliphatic carbocycles. The van der Waals surface area contributed by atoms with Crippen molar-refractivity contribution < 1.29 is 19.4 Å². The lowest BCUT2D eigenvalue weighted by Crippen LogP contribution is -2.47. The van der Waals surface area contributed by atoms with E-state index in [1.165, 1.54) is 0 Å². The summed E-state index contributed by atoms with van der Waals surface area (Å²) in [5, 5.41) is 13.8. The molecule has 1 heterocycles.